The molecule has 0 aromatic heterocycles. The van der Waals surface area contributed by atoms with E-state index in [9.17, 15) is 18.0 Å². The molecular formula is C12H14F3NO. The fraction of sp³-hybridized carbons (Fsp3) is 0.417. The third-order valence-corrected chi connectivity index (χ3v) is 2.10. The van der Waals surface area contributed by atoms with Crippen LogP contribution in [0.5, 0.6) is 0 Å². The maximum absolute atomic E-state index is 12.8. The average molecular weight is 245 g/mol. The zero-order valence-corrected chi connectivity index (χ0v) is 9.66. The first-order valence-corrected chi connectivity index (χ1v) is 5.27. The van der Waals surface area contributed by atoms with Gasteiger partial charge in [-0.3, -0.25) is 4.79 Å². The van der Waals surface area contributed by atoms with Gasteiger partial charge in [-0.2, -0.15) is 0 Å². The zero-order valence-electron chi connectivity index (χ0n) is 9.66. The number of hydrogen-bond acceptors (Lipinski definition) is 1. The Hall–Kier alpha value is -1.52. The van der Waals surface area contributed by atoms with E-state index in [0.717, 1.165) is 0 Å². The predicted octanol–water partition coefficient (Wildman–Crippen LogP) is 3.59. The summed E-state index contributed by atoms with van der Waals surface area (Å²) in [5.41, 5.74) is -0.148. The molecule has 0 bridgehead atoms. The zero-order chi connectivity index (χ0) is 13.1. The van der Waals surface area contributed by atoms with Crippen molar-refractivity contribution < 1.29 is 18.0 Å². The number of carbonyl (C=O) groups is 1. The quantitative estimate of drug-likeness (QED) is 0.745. The van der Waals surface area contributed by atoms with E-state index in [0.29, 0.717) is 0 Å². The third-order valence-electron chi connectivity index (χ3n) is 2.10. The van der Waals surface area contributed by atoms with Crippen LogP contribution in [-0.2, 0) is 4.79 Å². The van der Waals surface area contributed by atoms with E-state index in [1.54, 1.807) is 19.9 Å². The van der Waals surface area contributed by atoms with Crippen LogP contribution >= 0.6 is 0 Å². The minimum atomic E-state index is -4.69. The summed E-state index contributed by atoms with van der Waals surface area (Å²) < 4.78 is 38.4. The second kappa shape index (κ2) is 5.21. The lowest BCUT2D eigenvalue weighted by Gasteiger charge is -2.25. The normalized spacial score (nSPS) is 11.6. The molecule has 0 aliphatic carbocycles. The van der Waals surface area contributed by atoms with Crippen molar-refractivity contribution in [3.05, 3.63) is 30.3 Å². The van der Waals surface area contributed by atoms with Gasteiger partial charge in [0.05, 0.1) is 5.69 Å². The molecule has 0 N–H and O–H groups in total. The first-order valence-electron chi connectivity index (χ1n) is 5.27. The Morgan fingerprint density at radius 2 is 1.76 bits per heavy atom. The van der Waals surface area contributed by atoms with Crippen molar-refractivity contribution in [3.63, 3.8) is 0 Å². The summed E-state index contributed by atoms with van der Waals surface area (Å²) in [6, 6.07) is 7.08. The van der Waals surface area contributed by atoms with Gasteiger partial charge in [0, 0.05) is 6.42 Å². The molecule has 0 saturated carbocycles. The van der Waals surface area contributed by atoms with Crippen LogP contribution in [0.25, 0.3) is 0 Å². The second-order valence-electron chi connectivity index (χ2n) is 4.13. The van der Waals surface area contributed by atoms with Gasteiger partial charge in [-0.15, -0.1) is 13.2 Å². The van der Waals surface area contributed by atoms with Gasteiger partial charge in [-0.25, -0.2) is 4.90 Å². The molecule has 0 spiro atoms. The van der Waals surface area contributed by atoms with Crippen LogP contribution in [0.2, 0.25) is 0 Å². The smallest absolute Gasteiger partial charge is 0.274 e. The number of rotatable bonds is 3. The number of hydrogen-bond donors (Lipinski definition) is 0. The number of para-hydroxylation sites is 1. The van der Waals surface area contributed by atoms with Crippen molar-refractivity contribution in [2.75, 3.05) is 4.90 Å². The van der Waals surface area contributed by atoms with Crippen LogP contribution in [0.15, 0.2) is 30.3 Å². The number of anilines is 1. The van der Waals surface area contributed by atoms with Crippen LogP contribution in [0, 0.1) is 5.92 Å². The lowest BCUT2D eigenvalue weighted by Crippen LogP contribution is -2.43. The summed E-state index contributed by atoms with van der Waals surface area (Å²) in [5, 5.41) is 0. The highest BCUT2D eigenvalue weighted by atomic mass is 19.4. The van der Waals surface area contributed by atoms with Crippen molar-refractivity contribution in [3.8, 4) is 0 Å². The predicted molar refractivity (Wildman–Crippen MR) is 59.4 cm³/mol. The SMILES string of the molecule is CC(C)CC(=O)N(c1ccccc1)C(F)(F)F. The fourth-order valence-corrected chi connectivity index (χ4v) is 1.45. The molecule has 0 unspecified atom stereocenters. The number of halogens is 3. The van der Waals surface area contributed by atoms with Gasteiger partial charge in [-0.1, -0.05) is 32.0 Å². The molecule has 1 amide bonds. The number of benzene rings is 1. The molecule has 94 valence electrons. The molecule has 0 radical (unpaired) electrons. The Labute approximate surface area is 98.0 Å². The van der Waals surface area contributed by atoms with Gasteiger partial charge in [0.1, 0.15) is 0 Å². The molecule has 1 rings (SSSR count). The first-order chi connectivity index (χ1) is 7.82. The number of amides is 1. The van der Waals surface area contributed by atoms with Crippen molar-refractivity contribution in [2.45, 2.75) is 26.6 Å². The van der Waals surface area contributed by atoms with Gasteiger partial charge >= 0.3 is 6.30 Å². The number of nitrogens with zero attached hydrogens (tertiary/aromatic N) is 1. The highest BCUT2D eigenvalue weighted by Crippen LogP contribution is 2.29. The summed E-state index contributed by atoms with van der Waals surface area (Å²) in [6.45, 7) is 3.41. The molecular weight excluding hydrogens is 231 g/mol. The summed E-state index contributed by atoms with van der Waals surface area (Å²) in [6.07, 6.45) is -4.82. The molecule has 1 aromatic rings. The van der Waals surface area contributed by atoms with Crippen molar-refractivity contribution in [1.82, 2.24) is 0 Å². The Bertz CT molecular complexity index is 373. The highest BCUT2D eigenvalue weighted by molar-refractivity contribution is 5.93. The molecule has 0 heterocycles. The molecule has 0 atom stereocenters. The van der Waals surface area contributed by atoms with Gasteiger partial charge < -0.3 is 0 Å². The summed E-state index contributed by atoms with van der Waals surface area (Å²) >= 11 is 0. The molecule has 17 heavy (non-hydrogen) atoms. The minimum absolute atomic E-state index is 0.104. The second-order valence-corrected chi connectivity index (χ2v) is 4.13. The van der Waals surface area contributed by atoms with E-state index in [4.69, 9.17) is 0 Å². The van der Waals surface area contributed by atoms with E-state index in [-0.39, 0.29) is 22.9 Å². The standard InChI is InChI=1S/C12H14F3NO/c1-9(2)8-11(17)16(12(13,14)15)10-6-4-3-5-7-10/h3-7,9H,8H2,1-2H3. The van der Waals surface area contributed by atoms with Gasteiger partial charge in [0.2, 0.25) is 5.91 Å². The first kappa shape index (κ1) is 13.5. The molecule has 0 saturated heterocycles. The summed E-state index contributed by atoms with van der Waals surface area (Å²) in [7, 11) is 0. The molecule has 5 heteroatoms. The van der Waals surface area contributed by atoms with Gasteiger partial charge in [0.15, 0.2) is 0 Å². The Balaban J connectivity index is 3.02. The Morgan fingerprint density at radius 1 is 1.24 bits per heavy atom. The monoisotopic (exact) mass is 245 g/mol. The third kappa shape index (κ3) is 3.76. The lowest BCUT2D eigenvalue weighted by atomic mass is 10.1. The maximum atomic E-state index is 12.8. The Kier molecular flexibility index (Phi) is 4.15. The lowest BCUT2D eigenvalue weighted by molar-refractivity contribution is -0.150. The fourth-order valence-electron chi connectivity index (χ4n) is 1.45. The topological polar surface area (TPSA) is 20.3 Å². The minimum Gasteiger partial charge on any atom is -0.274 e. The van der Waals surface area contributed by atoms with Gasteiger partial charge in [-0.05, 0) is 18.1 Å². The van der Waals surface area contributed by atoms with E-state index < -0.39 is 12.2 Å². The molecule has 2 nitrogen and oxygen atoms in total. The van der Waals surface area contributed by atoms with E-state index >= 15 is 0 Å². The number of carbonyl (C=O) groups excluding carboxylic acids is 1. The molecule has 1 aromatic carbocycles. The van der Waals surface area contributed by atoms with Crippen LogP contribution in [-0.4, -0.2) is 12.2 Å². The molecule has 0 aliphatic heterocycles. The highest BCUT2D eigenvalue weighted by Gasteiger charge is 2.41. The van der Waals surface area contributed by atoms with E-state index in [1.807, 2.05) is 0 Å². The largest absolute Gasteiger partial charge is 0.491 e. The summed E-state index contributed by atoms with van der Waals surface area (Å²) in [5.74, 6) is -1.05. The van der Waals surface area contributed by atoms with E-state index in [2.05, 4.69) is 0 Å². The maximum Gasteiger partial charge on any atom is 0.491 e. The van der Waals surface area contributed by atoms with Crippen molar-refractivity contribution in [2.24, 2.45) is 5.92 Å². The van der Waals surface area contributed by atoms with Crippen LogP contribution in [0.3, 0.4) is 0 Å². The van der Waals surface area contributed by atoms with Crippen LogP contribution in [0.1, 0.15) is 20.3 Å². The van der Waals surface area contributed by atoms with Crippen LogP contribution in [0.4, 0.5) is 18.9 Å². The number of alkyl halides is 3. The molecule has 0 fully saturated rings. The molecule has 0 aliphatic rings. The van der Waals surface area contributed by atoms with Crippen molar-refractivity contribution in [1.29, 1.82) is 0 Å². The summed E-state index contributed by atoms with van der Waals surface area (Å²) in [4.78, 5) is 11.5. The Morgan fingerprint density at radius 3 is 2.18 bits per heavy atom. The van der Waals surface area contributed by atoms with Crippen LogP contribution < -0.4 is 4.90 Å². The van der Waals surface area contributed by atoms with E-state index in [1.165, 1.54) is 24.3 Å². The van der Waals surface area contributed by atoms with Gasteiger partial charge in [0.25, 0.3) is 0 Å². The average Bonchev–Trinajstić information content (AvgIpc) is 2.15. The van der Waals surface area contributed by atoms with Crippen molar-refractivity contribution >= 4 is 11.6 Å².